The number of carbonyl (C=O) groups excluding carboxylic acids is 1. The molecule has 3 nitrogen and oxygen atoms in total. The van der Waals surface area contributed by atoms with Crippen LogP contribution >= 0.6 is 0 Å². The zero-order chi connectivity index (χ0) is 11.3. The van der Waals surface area contributed by atoms with Gasteiger partial charge in [0.2, 0.25) is 0 Å². The maximum atomic E-state index is 11.0. The van der Waals surface area contributed by atoms with Gasteiger partial charge in [0.25, 0.3) is 0 Å². The van der Waals surface area contributed by atoms with Crippen LogP contribution in [0, 0.1) is 18.3 Å². The molecule has 1 aromatic carbocycles. The number of carbonyl (C=O) groups is 1. The molecule has 0 spiro atoms. The number of rotatable bonds is 3. The molecule has 0 bridgehead atoms. The number of hydrogen-bond donors (Lipinski definition) is 0. The zero-order valence-corrected chi connectivity index (χ0v) is 8.86. The summed E-state index contributed by atoms with van der Waals surface area (Å²) in [5, 5.41) is 8.94. The zero-order valence-electron chi connectivity index (χ0n) is 8.86. The van der Waals surface area contributed by atoms with Gasteiger partial charge in [-0.15, -0.1) is 0 Å². The van der Waals surface area contributed by atoms with Crippen LogP contribution in [-0.4, -0.2) is 13.1 Å². The van der Waals surface area contributed by atoms with E-state index in [0.717, 1.165) is 11.1 Å². The summed E-state index contributed by atoms with van der Waals surface area (Å²) < 4.78 is 4.54. The molecule has 0 heterocycles. The number of ether oxygens (including phenoxy) is 1. The molecular formula is C12H13NO2. The van der Waals surface area contributed by atoms with Gasteiger partial charge in [0.15, 0.2) is 0 Å². The van der Waals surface area contributed by atoms with Crippen molar-refractivity contribution >= 4 is 5.97 Å². The lowest BCUT2D eigenvalue weighted by Gasteiger charge is -2.07. The van der Waals surface area contributed by atoms with E-state index in [1.807, 2.05) is 31.2 Å². The Labute approximate surface area is 89.3 Å². The number of methoxy groups -OCH3 is 1. The van der Waals surface area contributed by atoms with E-state index in [1.54, 1.807) is 0 Å². The predicted molar refractivity (Wildman–Crippen MR) is 56.2 cm³/mol. The largest absolute Gasteiger partial charge is 0.469 e. The molecule has 15 heavy (non-hydrogen) atoms. The van der Waals surface area contributed by atoms with Crippen molar-refractivity contribution in [3.63, 3.8) is 0 Å². The highest BCUT2D eigenvalue weighted by atomic mass is 16.5. The molecule has 0 aromatic heterocycles. The highest BCUT2D eigenvalue weighted by Gasteiger charge is 2.15. The van der Waals surface area contributed by atoms with Gasteiger partial charge in [-0.2, -0.15) is 5.26 Å². The fourth-order valence-electron chi connectivity index (χ4n) is 1.29. The van der Waals surface area contributed by atoms with E-state index >= 15 is 0 Å². The third-order valence-electron chi connectivity index (χ3n) is 2.23. The van der Waals surface area contributed by atoms with E-state index in [9.17, 15) is 4.79 Å². The highest BCUT2D eigenvalue weighted by molar-refractivity contribution is 5.71. The van der Waals surface area contributed by atoms with Gasteiger partial charge in [-0.3, -0.25) is 4.79 Å². The van der Waals surface area contributed by atoms with Crippen molar-refractivity contribution in [2.75, 3.05) is 7.11 Å². The highest BCUT2D eigenvalue weighted by Crippen LogP contribution is 2.19. The number of hydrogen-bond acceptors (Lipinski definition) is 3. The van der Waals surface area contributed by atoms with Crippen LogP contribution in [0.5, 0.6) is 0 Å². The van der Waals surface area contributed by atoms with Gasteiger partial charge in [0, 0.05) is 0 Å². The molecule has 0 saturated carbocycles. The molecular weight excluding hydrogens is 190 g/mol. The van der Waals surface area contributed by atoms with Crippen molar-refractivity contribution in [1.29, 1.82) is 5.26 Å². The predicted octanol–water partition coefficient (Wildman–Crippen LogP) is 2.17. The van der Waals surface area contributed by atoms with Gasteiger partial charge >= 0.3 is 5.97 Å². The third kappa shape index (κ3) is 3.10. The Morgan fingerprint density at radius 1 is 1.47 bits per heavy atom. The molecule has 0 unspecified atom stereocenters. The van der Waals surface area contributed by atoms with Crippen molar-refractivity contribution in [3.05, 3.63) is 35.4 Å². The van der Waals surface area contributed by atoms with Gasteiger partial charge in [-0.25, -0.2) is 0 Å². The van der Waals surface area contributed by atoms with Crippen LogP contribution in [0.15, 0.2) is 24.3 Å². The van der Waals surface area contributed by atoms with Crippen LogP contribution in [0.3, 0.4) is 0 Å². The summed E-state index contributed by atoms with van der Waals surface area (Å²) >= 11 is 0. The maximum absolute atomic E-state index is 11.0. The third-order valence-corrected chi connectivity index (χ3v) is 2.23. The second-order valence-electron chi connectivity index (χ2n) is 3.37. The van der Waals surface area contributed by atoms with Crippen molar-refractivity contribution in [2.45, 2.75) is 19.3 Å². The number of benzene rings is 1. The molecule has 0 aliphatic rings. The minimum atomic E-state index is -0.418. The SMILES string of the molecule is COC(=O)C[C@H](C#N)c1ccc(C)cc1. The summed E-state index contributed by atoms with van der Waals surface area (Å²) in [4.78, 5) is 11.0. The van der Waals surface area contributed by atoms with E-state index in [4.69, 9.17) is 5.26 Å². The Kier molecular flexibility index (Phi) is 3.87. The van der Waals surface area contributed by atoms with Crippen LogP contribution in [0.25, 0.3) is 0 Å². The minimum Gasteiger partial charge on any atom is -0.469 e. The van der Waals surface area contributed by atoms with Gasteiger partial charge in [-0.05, 0) is 12.5 Å². The summed E-state index contributed by atoms with van der Waals surface area (Å²) in [7, 11) is 1.33. The normalized spacial score (nSPS) is 11.5. The fourth-order valence-corrected chi connectivity index (χ4v) is 1.29. The molecule has 1 atom stereocenters. The van der Waals surface area contributed by atoms with Gasteiger partial charge < -0.3 is 4.74 Å². The first-order chi connectivity index (χ1) is 7.17. The van der Waals surface area contributed by atoms with Gasteiger partial charge in [-0.1, -0.05) is 29.8 Å². The Morgan fingerprint density at radius 3 is 2.53 bits per heavy atom. The number of esters is 1. The van der Waals surface area contributed by atoms with E-state index < -0.39 is 5.92 Å². The van der Waals surface area contributed by atoms with Crippen LogP contribution in [0.4, 0.5) is 0 Å². The van der Waals surface area contributed by atoms with E-state index in [1.165, 1.54) is 7.11 Å². The molecule has 78 valence electrons. The average molecular weight is 203 g/mol. The first-order valence-corrected chi connectivity index (χ1v) is 4.70. The van der Waals surface area contributed by atoms with E-state index in [-0.39, 0.29) is 12.4 Å². The van der Waals surface area contributed by atoms with Crippen molar-refractivity contribution in [3.8, 4) is 6.07 Å². The Morgan fingerprint density at radius 2 is 2.07 bits per heavy atom. The molecule has 0 saturated heterocycles. The average Bonchev–Trinajstić information content (AvgIpc) is 2.27. The molecule has 0 aliphatic heterocycles. The molecule has 0 radical (unpaired) electrons. The van der Waals surface area contributed by atoms with Crippen molar-refractivity contribution in [2.24, 2.45) is 0 Å². The second kappa shape index (κ2) is 5.16. The molecule has 1 rings (SSSR count). The van der Waals surface area contributed by atoms with E-state index in [2.05, 4.69) is 10.8 Å². The van der Waals surface area contributed by atoms with Crippen LogP contribution in [0.1, 0.15) is 23.5 Å². The molecule has 0 aliphatic carbocycles. The van der Waals surface area contributed by atoms with Crippen LogP contribution < -0.4 is 0 Å². The molecule has 0 amide bonds. The topological polar surface area (TPSA) is 50.1 Å². The van der Waals surface area contributed by atoms with Gasteiger partial charge in [0.05, 0.1) is 25.5 Å². The Balaban J connectivity index is 2.80. The number of nitriles is 1. The van der Waals surface area contributed by atoms with Gasteiger partial charge in [0.1, 0.15) is 0 Å². The summed E-state index contributed by atoms with van der Waals surface area (Å²) in [6.07, 6.45) is 0.107. The number of aryl methyl sites for hydroxylation is 1. The van der Waals surface area contributed by atoms with Crippen LogP contribution in [0.2, 0.25) is 0 Å². The molecule has 3 heteroatoms. The monoisotopic (exact) mass is 203 g/mol. The minimum absolute atomic E-state index is 0.107. The fraction of sp³-hybridized carbons (Fsp3) is 0.333. The van der Waals surface area contributed by atoms with E-state index in [0.29, 0.717) is 0 Å². The Bertz CT molecular complexity index is 376. The molecule has 0 fully saturated rings. The maximum Gasteiger partial charge on any atom is 0.307 e. The lowest BCUT2D eigenvalue weighted by molar-refractivity contribution is -0.140. The van der Waals surface area contributed by atoms with Crippen molar-refractivity contribution in [1.82, 2.24) is 0 Å². The molecule has 1 aromatic rings. The quantitative estimate of drug-likeness (QED) is 0.707. The Hall–Kier alpha value is -1.82. The number of nitrogens with zero attached hydrogens (tertiary/aromatic N) is 1. The summed E-state index contributed by atoms with van der Waals surface area (Å²) in [5.41, 5.74) is 1.99. The lowest BCUT2D eigenvalue weighted by atomic mass is 9.96. The standard InChI is InChI=1S/C12H13NO2/c1-9-3-5-10(6-4-9)11(8-13)7-12(14)15-2/h3-6,11H,7H2,1-2H3/t11-/m1/s1. The first kappa shape index (κ1) is 11.3. The summed E-state index contributed by atoms with van der Waals surface area (Å²) in [5.74, 6) is -0.778. The van der Waals surface area contributed by atoms with Crippen LogP contribution in [-0.2, 0) is 9.53 Å². The smallest absolute Gasteiger partial charge is 0.307 e. The summed E-state index contributed by atoms with van der Waals surface area (Å²) in [6.45, 7) is 1.98. The van der Waals surface area contributed by atoms with Crippen molar-refractivity contribution < 1.29 is 9.53 Å². The lowest BCUT2D eigenvalue weighted by Crippen LogP contribution is -2.07. The second-order valence-corrected chi connectivity index (χ2v) is 3.37. The summed E-state index contributed by atoms with van der Waals surface area (Å²) in [6, 6.07) is 9.69. The first-order valence-electron chi connectivity index (χ1n) is 4.70. The molecule has 0 N–H and O–H groups in total.